The first-order valence-electron chi connectivity index (χ1n) is 5.55. The smallest absolute Gasteiger partial charge is 0.220 e. The Balaban J connectivity index is 2.25. The lowest BCUT2D eigenvalue weighted by Gasteiger charge is -2.21. The van der Waals surface area contributed by atoms with Crippen molar-refractivity contribution in [2.75, 3.05) is 13.1 Å². The van der Waals surface area contributed by atoms with Gasteiger partial charge in [-0.2, -0.15) is 0 Å². The maximum absolute atomic E-state index is 11.1. The highest BCUT2D eigenvalue weighted by Crippen LogP contribution is 2.07. The molecule has 5 heteroatoms. The largest absolute Gasteiger partial charge is 0.370 e. The number of carbonyl (C=O) groups excluding carboxylic acids is 1. The van der Waals surface area contributed by atoms with E-state index in [0.717, 1.165) is 25.8 Å². The van der Waals surface area contributed by atoms with Gasteiger partial charge in [-0.15, -0.1) is 0 Å². The molecule has 0 radical (unpaired) electrons. The molecule has 1 fully saturated rings. The Morgan fingerprint density at radius 2 is 2.53 bits per heavy atom. The fraction of sp³-hybridized carbons (Fsp3) is 0.800. The third kappa shape index (κ3) is 4.67. The van der Waals surface area contributed by atoms with Crippen LogP contribution in [0.25, 0.3) is 0 Å². The minimum atomic E-state index is 0.126. The summed E-state index contributed by atoms with van der Waals surface area (Å²) in [6.45, 7) is 3.49. The van der Waals surface area contributed by atoms with Gasteiger partial charge in [0.25, 0.3) is 0 Å². The second-order valence-corrected chi connectivity index (χ2v) is 3.81. The number of amides is 1. The lowest BCUT2D eigenvalue weighted by Crippen LogP contribution is -2.41. The van der Waals surface area contributed by atoms with Gasteiger partial charge in [-0.25, -0.2) is 0 Å². The maximum atomic E-state index is 11.1. The Morgan fingerprint density at radius 1 is 1.73 bits per heavy atom. The van der Waals surface area contributed by atoms with Crippen LogP contribution in [0.1, 0.15) is 32.6 Å². The van der Waals surface area contributed by atoms with Crippen LogP contribution >= 0.6 is 0 Å². The van der Waals surface area contributed by atoms with Crippen molar-refractivity contribution in [3.63, 3.8) is 0 Å². The fourth-order valence-electron chi connectivity index (χ4n) is 1.54. The SMILES string of the molecule is CCCNC(N)=NCC1CCCC(=O)N1. The summed E-state index contributed by atoms with van der Waals surface area (Å²) >= 11 is 0. The van der Waals surface area contributed by atoms with Crippen LogP contribution in [0.3, 0.4) is 0 Å². The number of rotatable bonds is 4. The van der Waals surface area contributed by atoms with Crippen LogP contribution in [0.2, 0.25) is 0 Å². The van der Waals surface area contributed by atoms with Crippen molar-refractivity contribution in [1.29, 1.82) is 0 Å². The number of nitrogens with zero attached hydrogens (tertiary/aromatic N) is 1. The Bertz CT molecular complexity index is 240. The molecular formula is C10H20N4O. The Hall–Kier alpha value is -1.26. The summed E-state index contributed by atoms with van der Waals surface area (Å²) in [5.74, 6) is 0.596. The minimum absolute atomic E-state index is 0.126. The minimum Gasteiger partial charge on any atom is -0.370 e. The molecule has 1 heterocycles. The summed E-state index contributed by atoms with van der Waals surface area (Å²) in [5, 5.41) is 5.90. The Morgan fingerprint density at radius 3 is 3.20 bits per heavy atom. The highest BCUT2D eigenvalue weighted by Gasteiger charge is 2.17. The molecule has 0 saturated carbocycles. The van der Waals surface area contributed by atoms with Gasteiger partial charge >= 0.3 is 0 Å². The van der Waals surface area contributed by atoms with Crippen molar-refractivity contribution in [3.05, 3.63) is 0 Å². The molecule has 0 spiro atoms. The van der Waals surface area contributed by atoms with Gasteiger partial charge in [0.15, 0.2) is 5.96 Å². The number of hydrogen-bond acceptors (Lipinski definition) is 2. The van der Waals surface area contributed by atoms with E-state index in [-0.39, 0.29) is 11.9 Å². The molecule has 0 aromatic heterocycles. The average Bonchev–Trinajstić information content (AvgIpc) is 2.23. The molecule has 0 bridgehead atoms. The highest BCUT2D eigenvalue weighted by atomic mass is 16.1. The first-order chi connectivity index (χ1) is 7.22. The lowest BCUT2D eigenvalue weighted by molar-refractivity contribution is -0.123. The molecule has 1 atom stereocenters. The number of nitrogens with one attached hydrogen (secondary N) is 2. The summed E-state index contributed by atoms with van der Waals surface area (Å²) in [7, 11) is 0. The van der Waals surface area contributed by atoms with E-state index in [9.17, 15) is 4.79 Å². The third-order valence-electron chi connectivity index (χ3n) is 2.36. The van der Waals surface area contributed by atoms with Crippen LogP contribution < -0.4 is 16.4 Å². The number of aliphatic imine (C=N–C) groups is 1. The van der Waals surface area contributed by atoms with Crippen molar-refractivity contribution in [2.45, 2.75) is 38.6 Å². The maximum Gasteiger partial charge on any atom is 0.220 e. The molecule has 1 unspecified atom stereocenters. The molecule has 5 nitrogen and oxygen atoms in total. The molecule has 15 heavy (non-hydrogen) atoms. The average molecular weight is 212 g/mol. The second-order valence-electron chi connectivity index (χ2n) is 3.81. The number of piperidine rings is 1. The molecular weight excluding hydrogens is 192 g/mol. The molecule has 1 aliphatic rings. The van der Waals surface area contributed by atoms with Gasteiger partial charge in [0.2, 0.25) is 5.91 Å². The van der Waals surface area contributed by atoms with Crippen molar-refractivity contribution >= 4 is 11.9 Å². The van der Waals surface area contributed by atoms with Crippen LogP contribution in [0.4, 0.5) is 0 Å². The van der Waals surface area contributed by atoms with Gasteiger partial charge in [-0.3, -0.25) is 9.79 Å². The quantitative estimate of drug-likeness (QED) is 0.452. The molecule has 1 rings (SSSR count). The molecule has 0 aromatic rings. The molecule has 1 amide bonds. The van der Waals surface area contributed by atoms with Crippen LogP contribution in [0.15, 0.2) is 4.99 Å². The van der Waals surface area contributed by atoms with E-state index in [2.05, 4.69) is 22.5 Å². The monoisotopic (exact) mass is 212 g/mol. The third-order valence-corrected chi connectivity index (χ3v) is 2.36. The van der Waals surface area contributed by atoms with Gasteiger partial charge in [0, 0.05) is 19.0 Å². The molecule has 0 aromatic carbocycles. The van der Waals surface area contributed by atoms with Crippen molar-refractivity contribution in [2.24, 2.45) is 10.7 Å². The van der Waals surface area contributed by atoms with E-state index >= 15 is 0 Å². The van der Waals surface area contributed by atoms with Crippen molar-refractivity contribution in [1.82, 2.24) is 10.6 Å². The topological polar surface area (TPSA) is 79.5 Å². The first-order valence-corrected chi connectivity index (χ1v) is 5.55. The highest BCUT2D eigenvalue weighted by molar-refractivity contribution is 5.78. The van der Waals surface area contributed by atoms with Crippen LogP contribution in [0, 0.1) is 0 Å². The predicted molar refractivity (Wildman–Crippen MR) is 60.6 cm³/mol. The van der Waals surface area contributed by atoms with Gasteiger partial charge in [0.05, 0.1) is 6.54 Å². The van der Waals surface area contributed by atoms with Gasteiger partial charge < -0.3 is 16.4 Å². The molecule has 86 valence electrons. The normalized spacial score (nSPS) is 22.3. The van der Waals surface area contributed by atoms with E-state index in [0.29, 0.717) is 18.9 Å². The van der Waals surface area contributed by atoms with Gasteiger partial charge in [-0.1, -0.05) is 6.92 Å². The standard InChI is InChI=1S/C10H20N4O/c1-2-6-12-10(11)13-7-8-4-3-5-9(15)14-8/h8H,2-7H2,1H3,(H,14,15)(H3,11,12,13). The van der Waals surface area contributed by atoms with Gasteiger partial charge in [0.1, 0.15) is 0 Å². The van der Waals surface area contributed by atoms with Crippen LogP contribution in [-0.4, -0.2) is 31.0 Å². The van der Waals surface area contributed by atoms with E-state index in [1.54, 1.807) is 0 Å². The Kier molecular flexibility index (Phi) is 4.93. The fourth-order valence-corrected chi connectivity index (χ4v) is 1.54. The van der Waals surface area contributed by atoms with E-state index in [1.807, 2.05) is 0 Å². The van der Waals surface area contributed by atoms with E-state index < -0.39 is 0 Å². The number of nitrogens with two attached hydrogens (primary N) is 1. The van der Waals surface area contributed by atoms with E-state index in [1.165, 1.54) is 0 Å². The van der Waals surface area contributed by atoms with Crippen molar-refractivity contribution in [3.8, 4) is 0 Å². The molecule has 0 aliphatic carbocycles. The summed E-state index contributed by atoms with van der Waals surface area (Å²) in [5.41, 5.74) is 5.64. The first kappa shape index (κ1) is 11.8. The summed E-state index contributed by atoms with van der Waals surface area (Å²) < 4.78 is 0. The number of carbonyl (C=O) groups is 1. The Labute approximate surface area is 90.5 Å². The molecule has 1 aliphatic heterocycles. The molecule has 4 N–H and O–H groups in total. The van der Waals surface area contributed by atoms with Crippen molar-refractivity contribution < 1.29 is 4.79 Å². The van der Waals surface area contributed by atoms with Crippen LogP contribution in [0.5, 0.6) is 0 Å². The zero-order valence-electron chi connectivity index (χ0n) is 9.25. The summed E-state index contributed by atoms with van der Waals surface area (Å²) in [4.78, 5) is 15.3. The second kappa shape index (κ2) is 6.27. The zero-order valence-corrected chi connectivity index (χ0v) is 9.25. The van der Waals surface area contributed by atoms with Crippen LogP contribution in [-0.2, 0) is 4.79 Å². The number of guanidine groups is 1. The predicted octanol–water partition coefficient (Wildman–Crippen LogP) is -0.0306. The van der Waals surface area contributed by atoms with E-state index in [4.69, 9.17) is 5.73 Å². The lowest BCUT2D eigenvalue weighted by atomic mass is 10.0. The summed E-state index contributed by atoms with van der Waals surface area (Å²) in [6, 6.07) is 0.160. The van der Waals surface area contributed by atoms with Gasteiger partial charge in [-0.05, 0) is 19.3 Å². The zero-order chi connectivity index (χ0) is 11.1. The summed E-state index contributed by atoms with van der Waals surface area (Å²) in [6.07, 6.45) is 3.62. The number of hydrogen-bond donors (Lipinski definition) is 3. The molecule has 1 saturated heterocycles.